The molecule has 0 amide bonds. The van der Waals surface area contributed by atoms with Crippen LogP contribution in [-0.4, -0.2) is 22.2 Å². The first-order valence-electron chi connectivity index (χ1n) is 4.03. The van der Waals surface area contributed by atoms with Crippen LogP contribution >= 0.6 is 0 Å². The minimum atomic E-state index is -0.480. The fraction of sp³-hybridized carbons (Fsp3) is 0.444. The van der Waals surface area contributed by atoms with E-state index in [0.29, 0.717) is 6.42 Å². The number of nitrogens with zero attached hydrogens (tertiary/aromatic N) is 1. The number of hydrogen-bond donors (Lipinski definition) is 2. The van der Waals surface area contributed by atoms with E-state index in [0.717, 1.165) is 5.69 Å². The van der Waals surface area contributed by atoms with Gasteiger partial charge in [-0.05, 0) is 19.1 Å². The summed E-state index contributed by atoms with van der Waals surface area (Å²) in [6.45, 7) is 1.69. The van der Waals surface area contributed by atoms with Crippen LogP contribution in [0.4, 0.5) is 0 Å². The predicted octanol–water partition coefficient (Wildman–Crippen LogP) is 0.332. The maximum absolute atomic E-state index is 9.13. The maximum atomic E-state index is 9.13. The van der Waals surface area contributed by atoms with Gasteiger partial charge in [0.25, 0.3) is 0 Å². The summed E-state index contributed by atoms with van der Waals surface area (Å²) in [7, 11) is 0. The lowest BCUT2D eigenvalue weighted by Gasteiger charge is -2.13. The Labute approximate surface area is 72.2 Å². The van der Waals surface area contributed by atoms with Crippen molar-refractivity contribution in [2.24, 2.45) is 5.73 Å². The predicted molar refractivity (Wildman–Crippen MR) is 47.6 cm³/mol. The number of aliphatic hydroxyl groups is 1. The fourth-order valence-corrected chi connectivity index (χ4v) is 0.931. The number of aromatic nitrogens is 1. The zero-order chi connectivity index (χ0) is 8.97. The zero-order valence-electron chi connectivity index (χ0n) is 7.14. The van der Waals surface area contributed by atoms with Gasteiger partial charge in [0.2, 0.25) is 0 Å². The summed E-state index contributed by atoms with van der Waals surface area (Å²) >= 11 is 0. The van der Waals surface area contributed by atoms with Crippen LogP contribution in [0.25, 0.3) is 0 Å². The number of pyridine rings is 1. The highest BCUT2D eigenvalue weighted by Crippen LogP contribution is 2.00. The van der Waals surface area contributed by atoms with Crippen LogP contribution in [0.15, 0.2) is 24.4 Å². The largest absolute Gasteiger partial charge is 0.392 e. The average Bonchev–Trinajstić information content (AvgIpc) is 2.06. The van der Waals surface area contributed by atoms with E-state index in [4.69, 9.17) is 10.8 Å². The molecule has 1 heterocycles. The lowest BCUT2D eigenvalue weighted by molar-refractivity contribution is 0.163. The standard InChI is InChI=1S/C9H14N2O/c1-7(12)9(10)6-8-4-2-3-5-11-8/h2-5,7,9,12H,6,10H2,1H3/t7-,9?/m0/s1. The van der Waals surface area contributed by atoms with Crippen LogP contribution in [0, 0.1) is 0 Å². The highest BCUT2D eigenvalue weighted by Gasteiger charge is 2.09. The summed E-state index contributed by atoms with van der Waals surface area (Å²) < 4.78 is 0. The van der Waals surface area contributed by atoms with E-state index in [-0.39, 0.29) is 6.04 Å². The van der Waals surface area contributed by atoms with Gasteiger partial charge in [-0.25, -0.2) is 0 Å². The summed E-state index contributed by atoms with van der Waals surface area (Å²) in [5, 5.41) is 9.13. The third-order valence-electron chi connectivity index (χ3n) is 1.79. The van der Waals surface area contributed by atoms with Gasteiger partial charge in [0, 0.05) is 24.4 Å². The topological polar surface area (TPSA) is 59.1 Å². The number of nitrogens with two attached hydrogens (primary N) is 1. The van der Waals surface area contributed by atoms with Crippen LogP contribution < -0.4 is 5.73 Å². The van der Waals surface area contributed by atoms with Gasteiger partial charge in [0.05, 0.1) is 6.10 Å². The van der Waals surface area contributed by atoms with Crippen LogP contribution in [0.2, 0.25) is 0 Å². The van der Waals surface area contributed by atoms with E-state index in [1.165, 1.54) is 0 Å². The summed E-state index contributed by atoms with van der Waals surface area (Å²) in [5.74, 6) is 0. The molecule has 1 rings (SSSR count). The van der Waals surface area contributed by atoms with Gasteiger partial charge in [-0.3, -0.25) is 4.98 Å². The molecule has 3 heteroatoms. The molecule has 1 unspecified atom stereocenters. The van der Waals surface area contributed by atoms with Crippen LogP contribution in [-0.2, 0) is 6.42 Å². The second-order valence-electron chi connectivity index (χ2n) is 2.93. The Morgan fingerprint density at radius 1 is 1.58 bits per heavy atom. The van der Waals surface area contributed by atoms with Crippen molar-refractivity contribution in [3.8, 4) is 0 Å². The Morgan fingerprint density at radius 3 is 2.83 bits per heavy atom. The molecule has 0 bridgehead atoms. The van der Waals surface area contributed by atoms with Crippen molar-refractivity contribution in [1.29, 1.82) is 0 Å². The first-order chi connectivity index (χ1) is 5.70. The Bertz CT molecular complexity index is 223. The van der Waals surface area contributed by atoms with E-state index in [9.17, 15) is 0 Å². The Hall–Kier alpha value is -0.930. The molecule has 12 heavy (non-hydrogen) atoms. The second kappa shape index (κ2) is 4.18. The molecular formula is C9H14N2O. The third-order valence-corrected chi connectivity index (χ3v) is 1.79. The van der Waals surface area contributed by atoms with Crippen LogP contribution in [0.5, 0.6) is 0 Å². The summed E-state index contributed by atoms with van der Waals surface area (Å²) in [5.41, 5.74) is 6.58. The third kappa shape index (κ3) is 2.60. The molecule has 0 aliphatic carbocycles. The molecule has 0 aliphatic rings. The molecule has 0 aromatic carbocycles. The van der Waals surface area contributed by atoms with Gasteiger partial charge in [-0.15, -0.1) is 0 Å². The molecule has 1 aromatic rings. The van der Waals surface area contributed by atoms with E-state index in [1.54, 1.807) is 13.1 Å². The summed E-state index contributed by atoms with van der Waals surface area (Å²) in [4.78, 5) is 4.11. The SMILES string of the molecule is C[C@H](O)C(N)Cc1ccccn1. The lowest BCUT2D eigenvalue weighted by Crippen LogP contribution is -2.34. The summed E-state index contributed by atoms with van der Waals surface area (Å²) in [6, 6.07) is 5.45. The molecule has 0 aliphatic heterocycles. The quantitative estimate of drug-likeness (QED) is 0.680. The smallest absolute Gasteiger partial charge is 0.0666 e. The normalized spacial score (nSPS) is 15.6. The van der Waals surface area contributed by atoms with Crippen molar-refractivity contribution in [3.63, 3.8) is 0 Å². The Morgan fingerprint density at radius 2 is 2.33 bits per heavy atom. The molecule has 1 aromatic heterocycles. The number of hydrogen-bond acceptors (Lipinski definition) is 3. The van der Waals surface area contributed by atoms with Crippen molar-refractivity contribution < 1.29 is 5.11 Å². The molecular weight excluding hydrogens is 152 g/mol. The van der Waals surface area contributed by atoms with Gasteiger partial charge in [0.1, 0.15) is 0 Å². The first kappa shape index (κ1) is 9.16. The lowest BCUT2D eigenvalue weighted by atomic mass is 10.1. The van der Waals surface area contributed by atoms with E-state index in [2.05, 4.69) is 4.98 Å². The van der Waals surface area contributed by atoms with Gasteiger partial charge < -0.3 is 10.8 Å². The van der Waals surface area contributed by atoms with Gasteiger partial charge in [-0.1, -0.05) is 6.07 Å². The molecule has 0 saturated carbocycles. The Kier molecular flexibility index (Phi) is 3.19. The minimum absolute atomic E-state index is 0.222. The molecule has 0 radical (unpaired) electrons. The van der Waals surface area contributed by atoms with E-state index in [1.807, 2.05) is 18.2 Å². The molecule has 0 fully saturated rings. The van der Waals surface area contributed by atoms with Gasteiger partial charge in [0.15, 0.2) is 0 Å². The van der Waals surface area contributed by atoms with Gasteiger partial charge in [-0.2, -0.15) is 0 Å². The maximum Gasteiger partial charge on any atom is 0.0666 e. The number of aliphatic hydroxyl groups excluding tert-OH is 1. The van der Waals surface area contributed by atoms with Crippen LogP contribution in [0.1, 0.15) is 12.6 Å². The zero-order valence-corrected chi connectivity index (χ0v) is 7.14. The number of rotatable bonds is 3. The monoisotopic (exact) mass is 166 g/mol. The average molecular weight is 166 g/mol. The van der Waals surface area contributed by atoms with Gasteiger partial charge >= 0.3 is 0 Å². The Balaban J connectivity index is 2.53. The van der Waals surface area contributed by atoms with E-state index >= 15 is 0 Å². The highest BCUT2D eigenvalue weighted by atomic mass is 16.3. The molecule has 2 atom stereocenters. The van der Waals surface area contributed by atoms with Crippen LogP contribution in [0.3, 0.4) is 0 Å². The van der Waals surface area contributed by atoms with Crippen molar-refractivity contribution in [3.05, 3.63) is 30.1 Å². The van der Waals surface area contributed by atoms with Crippen molar-refractivity contribution in [2.45, 2.75) is 25.5 Å². The van der Waals surface area contributed by atoms with Crippen molar-refractivity contribution >= 4 is 0 Å². The van der Waals surface area contributed by atoms with Crippen molar-refractivity contribution in [2.75, 3.05) is 0 Å². The van der Waals surface area contributed by atoms with E-state index < -0.39 is 6.10 Å². The summed E-state index contributed by atoms with van der Waals surface area (Å²) in [6.07, 6.45) is 1.87. The fourth-order valence-electron chi connectivity index (χ4n) is 0.931. The first-order valence-corrected chi connectivity index (χ1v) is 4.03. The van der Waals surface area contributed by atoms with Crippen molar-refractivity contribution in [1.82, 2.24) is 4.98 Å². The highest BCUT2D eigenvalue weighted by molar-refractivity contribution is 5.05. The minimum Gasteiger partial charge on any atom is -0.392 e. The molecule has 66 valence electrons. The molecule has 0 saturated heterocycles. The molecule has 3 N–H and O–H groups in total. The molecule has 0 spiro atoms. The second-order valence-corrected chi connectivity index (χ2v) is 2.93. The molecule has 3 nitrogen and oxygen atoms in total.